The molecule has 1 atom stereocenters. The monoisotopic (exact) mass is 263 g/mol. The molecule has 0 bridgehead atoms. The predicted molar refractivity (Wildman–Crippen MR) is 58.4 cm³/mol. The van der Waals surface area contributed by atoms with E-state index in [0.29, 0.717) is 0 Å². The van der Waals surface area contributed by atoms with Crippen LogP contribution < -0.4 is 10.5 Å². The molecule has 1 aliphatic heterocycles. The normalized spacial score (nSPS) is 19.7. The van der Waals surface area contributed by atoms with E-state index >= 15 is 0 Å². The van der Waals surface area contributed by atoms with Crippen molar-refractivity contribution in [1.82, 2.24) is 0 Å². The third kappa shape index (κ3) is 1.98. The number of fused-ring (bicyclic) bond motifs is 1. The van der Waals surface area contributed by atoms with E-state index in [1.165, 1.54) is 0 Å². The number of ether oxygens (including phenoxy) is 1. The van der Waals surface area contributed by atoms with E-state index in [-0.39, 0.29) is 18.4 Å². The standard InChI is InChI=1S/C9H10BrNO.ClH/c10-7-3-1-2-6-8(11)4-5-12-9(6)7;/h1-3,8H,4-5,11H2;1H/t8-;/m0./s1. The lowest BCUT2D eigenvalue weighted by Crippen LogP contribution is -2.20. The molecule has 0 unspecified atom stereocenters. The van der Waals surface area contributed by atoms with Crippen LogP contribution in [0, 0.1) is 0 Å². The molecular formula is C9H11BrClNO. The molecule has 2 N–H and O–H groups in total. The number of para-hydroxylation sites is 1. The van der Waals surface area contributed by atoms with Crippen molar-refractivity contribution in [2.45, 2.75) is 12.5 Å². The third-order valence-electron chi connectivity index (χ3n) is 2.07. The van der Waals surface area contributed by atoms with Crippen molar-refractivity contribution in [3.05, 3.63) is 28.2 Å². The third-order valence-corrected chi connectivity index (χ3v) is 2.70. The van der Waals surface area contributed by atoms with Gasteiger partial charge in [-0.05, 0) is 22.0 Å². The maximum atomic E-state index is 5.91. The lowest BCUT2D eigenvalue weighted by Gasteiger charge is -2.23. The molecule has 0 fully saturated rings. The van der Waals surface area contributed by atoms with E-state index in [1.54, 1.807) is 0 Å². The smallest absolute Gasteiger partial charge is 0.138 e. The van der Waals surface area contributed by atoms with Crippen LogP contribution >= 0.6 is 28.3 Å². The Balaban J connectivity index is 0.000000845. The summed E-state index contributed by atoms with van der Waals surface area (Å²) < 4.78 is 6.49. The summed E-state index contributed by atoms with van der Waals surface area (Å²) in [5.41, 5.74) is 7.02. The Bertz CT molecular complexity index is 306. The average Bonchev–Trinajstić information content (AvgIpc) is 2.07. The molecule has 4 heteroatoms. The molecule has 1 aliphatic rings. The summed E-state index contributed by atoms with van der Waals surface area (Å²) in [6.45, 7) is 0.719. The van der Waals surface area contributed by atoms with Gasteiger partial charge in [0.2, 0.25) is 0 Å². The fraction of sp³-hybridized carbons (Fsp3) is 0.333. The molecule has 0 aliphatic carbocycles. The second kappa shape index (κ2) is 4.31. The van der Waals surface area contributed by atoms with Crippen molar-refractivity contribution in [1.29, 1.82) is 0 Å². The zero-order valence-corrected chi connectivity index (χ0v) is 9.40. The van der Waals surface area contributed by atoms with Crippen LogP contribution in [0.1, 0.15) is 18.0 Å². The van der Waals surface area contributed by atoms with Crippen molar-refractivity contribution < 1.29 is 4.74 Å². The minimum absolute atomic E-state index is 0. The Morgan fingerprint density at radius 1 is 1.46 bits per heavy atom. The highest BCUT2D eigenvalue weighted by molar-refractivity contribution is 9.10. The minimum Gasteiger partial charge on any atom is -0.492 e. The van der Waals surface area contributed by atoms with Crippen molar-refractivity contribution in [2.75, 3.05) is 6.61 Å². The van der Waals surface area contributed by atoms with Crippen LogP contribution in [-0.4, -0.2) is 6.61 Å². The predicted octanol–water partition coefficient (Wildman–Crippen LogP) is 2.65. The van der Waals surface area contributed by atoms with Crippen molar-refractivity contribution >= 4 is 28.3 Å². The maximum absolute atomic E-state index is 5.91. The van der Waals surface area contributed by atoms with Gasteiger partial charge in [0, 0.05) is 18.0 Å². The van der Waals surface area contributed by atoms with Crippen LogP contribution in [-0.2, 0) is 0 Å². The molecule has 0 radical (unpaired) electrons. The van der Waals surface area contributed by atoms with Crippen LogP contribution in [0.2, 0.25) is 0 Å². The Hall–Kier alpha value is -0.250. The number of benzene rings is 1. The van der Waals surface area contributed by atoms with Gasteiger partial charge in [0.15, 0.2) is 0 Å². The molecule has 1 aromatic carbocycles. The molecule has 1 heterocycles. The van der Waals surface area contributed by atoms with Crippen LogP contribution in [0.25, 0.3) is 0 Å². The topological polar surface area (TPSA) is 35.2 Å². The lowest BCUT2D eigenvalue weighted by molar-refractivity contribution is 0.267. The fourth-order valence-electron chi connectivity index (χ4n) is 1.41. The summed E-state index contributed by atoms with van der Waals surface area (Å²) in [6, 6.07) is 6.10. The molecule has 13 heavy (non-hydrogen) atoms. The van der Waals surface area contributed by atoms with Crippen LogP contribution in [0.15, 0.2) is 22.7 Å². The van der Waals surface area contributed by atoms with Gasteiger partial charge in [-0.1, -0.05) is 12.1 Å². The molecule has 0 aromatic heterocycles. The van der Waals surface area contributed by atoms with Gasteiger partial charge in [0.05, 0.1) is 11.1 Å². The van der Waals surface area contributed by atoms with Gasteiger partial charge in [0.25, 0.3) is 0 Å². The molecular weight excluding hydrogens is 253 g/mol. The lowest BCUT2D eigenvalue weighted by atomic mass is 10.0. The molecule has 0 amide bonds. The number of nitrogens with two attached hydrogens (primary N) is 1. The largest absolute Gasteiger partial charge is 0.492 e. The summed E-state index contributed by atoms with van der Waals surface area (Å²) >= 11 is 3.43. The van der Waals surface area contributed by atoms with Crippen molar-refractivity contribution in [2.24, 2.45) is 5.73 Å². The quantitative estimate of drug-likeness (QED) is 0.782. The van der Waals surface area contributed by atoms with Gasteiger partial charge in [-0.15, -0.1) is 12.4 Å². The molecule has 2 rings (SSSR count). The first kappa shape index (κ1) is 10.8. The van der Waals surface area contributed by atoms with Gasteiger partial charge < -0.3 is 10.5 Å². The number of halogens is 2. The van der Waals surface area contributed by atoms with Gasteiger partial charge in [-0.3, -0.25) is 0 Å². The van der Waals surface area contributed by atoms with E-state index in [2.05, 4.69) is 15.9 Å². The first-order valence-corrected chi connectivity index (χ1v) is 4.75. The number of hydrogen-bond donors (Lipinski definition) is 1. The molecule has 1 aromatic rings. The summed E-state index contributed by atoms with van der Waals surface area (Å²) in [7, 11) is 0. The Morgan fingerprint density at radius 2 is 2.23 bits per heavy atom. The highest BCUT2D eigenvalue weighted by Gasteiger charge is 2.19. The van der Waals surface area contributed by atoms with E-state index in [1.807, 2.05) is 18.2 Å². The number of rotatable bonds is 0. The van der Waals surface area contributed by atoms with Crippen molar-refractivity contribution in [3.63, 3.8) is 0 Å². The van der Waals surface area contributed by atoms with Gasteiger partial charge in [-0.25, -0.2) is 0 Å². The van der Waals surface area contributed by atoms with Crippen LogP contribution in [0.4, 0.5) is 0 Å². The highest BCUT2D eigenvalue weighted by atomic mass is 79.9. The Kier molecular flexibility index (Phi) is 3.59. The van der Waals surface area contributed by atoms with E-state index in [4.69, 9.17) is 10.5 Å². The fourth-order valence-corrected chi connectivity index (χ4v) is 1.91. The minimum atomic E-state index is 0. The summed E-state index contributed by atoms with van der Waals surface area (Å²) in [6.07, 6.45) is 0.906. The first-order chi connectivity index (χ1) is 5.79. The first-order valence-electron chi connectivity index (χ1n) is 3.96. The Morgan fingerprint density at radius 3 is 2.92 bits per heavy atom. The van der Waals surface area contributed by atoms with E-state index < -0.39 is 0 Å². The second-order valence-corrected chi connectivity index (χ2v) is 3.76. The van der Waals surface area contributed by atoms with E-state index in [9.17, 15) is 0 Å². The molecule has 0 saturated heterocycles. The SMILES string of the molecule is Cl.N[C@H]1CCOc2c(Br)cccc21. The summed E-state index contributed by atoms with van der Waals surface area (Å²) in [5, 5.41) is 0. The highest BCUT2D eigenvalue weighted by Crippen LogP contribution is 2.36. The Labute approximate surface area is 92.0 Å². The summed E-state index contributed by atoms with van der Waals surface area (Å²) in [4.78, 5) is 0. The average molecular weight is 265 g/mol. The van der Waals surface area contributed by atoms with Gasteiger partial charge in [0.1, 0.15) is 5.75 Å². The molecule has 0 saturated carbocycles. The summed E-state index contributed by atoms with van der Waals surface area (Å²) in [5.74, 6) is 0.913. The molecule has 2 nitrogen and oxygen atoms in total. The van der Waals surface area contributed by atoms with Gasteiger partial charge in [-0.2, -0.15) is 0 Å². The van der Waals surface area contributed by atoms with Crippen LogP contribution in [0.5, 0.6) is 5.75 Å². The van der Waals surface area contributed by atoms with Crippen LogP contribution in [0.3, 0.4) is 0 Å². The van der Waals surface area contributed by atoms with Crippen molar-refractivity contribution in [3.8, 4) is 5.75 Å². The molecule has 0 spiro atoms. The van der Waals surface area contributed by atoms with E-state index in [0.717, 1.165) is 28.8 Å². The zero-order chi connectivity index (χ0) is 8.55. The second-order valence-electron chi connectivity index (χ2n) is 2.90. The maximum Gasteiger partial charge on any atom is 0.138 e. The number of hydrogen-bond acceptors (Lipinski definition) is 2. The zero-order valence-electron chi connectivity index (χ0n) is 7.00. The molecule has 72 valence electrons. The van der Waals surface area contributed by atoms with Gasteiger partial charge >= 0.3 is 0 Å².